The van der Waals surface area contributed by atoms with Crippen molar-refractivity contribution in [2.45, 2.75) is 20.5 Å². The van der Waals surface area contributed by atoms with Crippen molar-refractivity contribution < 1.29 is 9.47 Å². The van der Waals surface area contributed by atoms with Gasteiger partial charge < -0.3 is 9.47 Å². The normalized spacial score (nSPS) is 10.8. The molecule has 0 saturated carbocycles. The molecule has 28 heavy (non-hydrogen) atoms. The lowest BCUT2D eigenvalue weighted by molar-refractivity contribution is 0.284. The highest BCUT2D eigenvalue weighted by Gasteiger charge is 2.07. The average Bonchev–Trinajstić information content (AvgIpc) is 2.70. The first-order chi connectivity index (χ1) is 13.6. The van der Waals surface area contributed by atoms with Crippen molar-refractivity contribution in [3.63, 3.8) is 0 Å². The Balaban J connectivity index is 1.69. The molecule has 2 N–H and O–H groups in total. The highest BCUT2D eigenvalue weighted by molar-refractivity contribution is 5.81. The first-order valence-electron chi connectivity index (χ1n) is 8.64. The van der Waals surface area contributed by atoms with Gasteiger partial charge in [0, 0.05) is 0 Å². The Labute approximate surface area is 162 Å². The lowest BCUT2D eigenvalue weighted by atomic mass is 10.1. The highest BCUT2D eigenvalue weighted by atomic mass is 16.5. The number of hydrazone groups is 1. The monoisotopic (exact) mass is 379 g/mol. The van der Waals surface area contributed by atoms with E-state index in [-0.39, 0.29) is 0 Å². The van der Waals surface area contributed by atoms with Crippen molar-refractivity contribution in [3.05, 3.63) is 75.3 Å². The quantitative estimate of drug-likeness (QED) is 0.483. The van der Waals surface area contributed by atoms with Gasteiger partial charge in [0.2, 0.25) is 0 Å². The molecular formula is C20H21N5O3. The lowest BCUT2D eigenvalue weighted by Gasteiger charge is -2.12. The first kappa shape index (κ1) is 19.1. The van der Waals surface area contributed by atoms with Crippen LogP contribution in [0.2, 0.25) is 0 Å². The van der Waals surface area contributed by atoms with Gasteiger partial charge in [0.1, 0.15) is 12.3 Å². The summed E-state index contributed by atoms with van der Waals surface area (Å²) < 4.78 is 11.3. The van der Waals surface area contributed by atoms with Gasteiger partial charge in [-0.15, -0.1) is 0 Å². The Hall–Kier alpha value is -3.68. The molecule has 2 aromatic carbocycles. The van der Waals surface area contributed by atoms with E-state index in [1.165, 1.54) is 5.56 Å². The molecule has 3 rings (SSSR count). The van der Waals surface area contributed by atoms with Crippen LogP contribution in [0.3, 0.4) is 0 Å². The zero-order valence-electron chi connectivity index (χ0n) is 15.9. The average molecular weight is 379 g/mol. The van der Waals surface area contributed by atoms with E-state index < -0.39 is 5.69 Å². The maximum Gasteiger partial charge on any atom is 0.363 e. The minimum Gasteiger partial charge on any atom is -0.493 e. The van der Waals surface area contributed by atoms with Gasteiger partial charge in [-0.2, -0.15) is 15.2 Å². The molecule has 0 amide bonds. The number of nitrogens with zero attached hydrogens (tertiary/aromatic N) is 3. The van der Waals surface area contributed by atoms with Gasteiger partial charge >= 0.3 is 5.69 Å². The maximum atomic E-state index is 11.2. The van der Waals surface area contributed by atoms with E-state index in [2.05, 4.69) is 38.7 Å². The number of hydrogen-bond acceptors (Lipinski definition) is 7. The van der Waals surface area contributed by atoms with Gasteiger partial charge in [-0.3, -0.25) is 5.43 Å². The Kier molecular flexibility index (Phi) is 6.01. The molecule has 8 nitrogen and oxygen atoms in total. The van der Waals surface area contributed by atoms with Crippen molar-refractivity contribution in [2.75, 3.05) is 12.5 Å². The molecule has 1 heterocycles. The Bertz CT molecular complexity index is 1050. The summed E-state index contributed by atoms with van der Waals surface area (Å²) in [6, 6.07) is 13.6. The fourth-order valence-electron chi connectivity index (χ4n) is 2.48. The van der Waals surface area contributed by atoms with E-state index in [4.69, 9.17) is 9.47 Å². The van der Waals surface area contributed by atoms with E-state index in [0.717, 1.165) is 11.1 Å². The van der Waals surface area contributed by atoms with Crippen LogP contribution in [-0.2, 0) is 6.61 Å². The zero-order chi connectivity index (χ0) is 19.9. The molecule has 3 aromatic rings. The number of rotatable bonds is 7. The van der Waals surface area contributed by atoms with Gasteiger partial charge in [0.15, 0.2) is 17.3 Å². The van der Waals surface area contributed by atoms with Crippen molar-refractivity contribution in [3.8, 4) is 11.5 Å². The van der Waals surface area contributed by atoms with Gasteiger partial charge in [0.25, 0.3) is 0 Å². The molecule has 0 aliphatic carbocycles. The van der Waals surface area contributed by atoms with Crippen molar-refractivity contribution in [1.29, 1.82) is 0 Å². The van der Waals surface area contributed by atoms with Crippen LogP contribution in [0.15, 0.2) is 52.4 Å². The summed E-state index contributed by atoms with van der Waals surface area (Å²) in [5.74, 6) is 1.54. The van der Waals surface area contributed by atoms with Crippen LogP contribution in [0.4, 0.5) is 5.82 Å². The third-order valence-electron chi connectivity index (χ3n) is 4.09. The lowest BCUT2D eigenvalue weighted by Crippen LogP contribution is -2.15. The smallest absolute Gasteiger partial charge is 0.363 e. The molecular weight excluding hydrogens is 358 g/mol. The summed E-state index contributed by atoms with van der Waals surface area (Å²) in [5.41, 5.74) is 5.79. The van der Waals surface area contributed by atoms with Gasteiger partial charge in [-0.25, -0.2) is 9.89 Å². The number of hydrogen-bond donors (Lipinski definition) is 2. The first-order valence-corrected chi connectivity index (χ1v) is 8.64. The molecule has 0 bridgehead atoms. The summed E-state index contributed by atoms with van der Waals surface area (Å²) in [4.78, 5) is 15.0. The topological polar surface area (TPSA) is 101 Å². The molecule has 0 unspecified atom stereocenters. The molecule has 0 aliphatic heterocycles. The number of methoxy groups -OCH3 is 1. The number of aromatic nitrogens is 3. The van der Waals surface area contributed by atoms with Crippen molar-refractivity contribution in [2.24, 2.45) is 5.10 Å². The number of benzene rings is 2. The van der Waals surface area contributed by atoms with Crippen LogP contribution in [-0.4, -0.2) is 28.5 Å². The molecule has 0 fully saturated rings. The molecule has 0 aliphatic rings. The zero-order valence-corrected chi connectivity index (χ0v) is 15.9. The number of aromatic amines is 1. The number of nitrogens with one attached hydrogen (secondary N) is 2. The third kappa shape index (κ3) is 4.73. The minimum absolute atomic E-state index is 0.296. The van der Waals surface area contributed by atoms with E-state index in [9.17, 15) is 4.79 Å². The Morgan fingerprint density at radius 3 is 2.79 bits per heavy atom. The highest BCUT2D eigenvalue weighted by Crippen LogP contribution is 2.28. The molecule has 144 valence electrons. The number of anilines is 1. The molecule has 8 heteroatoms. The Morgan fingerprint density at radius 2 is 2.00 bits per heavy atom. The van der Waals surface area contributed by atoms with Crippen molar-refractivity contribution in [1.82, 2.24) is 15.2 Å². The van der Waals surface area contributed by atoms with Crippen LogP contribution in [0.5, 0.6) is 11.5 Å². The molecule has 0 saturated heterocycles. The van der Waals surface area contributed by atoms with Crippen LogP contribution in [0.25, 0.3) is 0 Å². The second-order valence-electron chi connectivity index (χ2n) is 6.07. The summed E-state index contributed by atoms with van der Waals surface area (Å²) in [6.07, 6.45) is 1.59. The third-order valence-corrected chi connectivity index (χ3v) is 4.09. The van der Waals surface area contributed by atoms with Crippen LogP contribution >= 0.6 is 0 Å². The number of H-pyrrole nitrogens is 1. The molecule has 1 aromatic heterocycles. The summed E-state index contributed by atoms with van der Waals surface area (Å²) >= 11 is 0. The summed E-state index contributed by atoms with van der Waals surface area (Å²) in [6.45, 7) is 4.22. The van der Waals surface area contributed by atoms with Gasteiger partial charge in [-0.05, 0) is 48.7 Å². The molecule has 0 spiro atoms. The maximum absolute atomic E-state index is 11.2. The number of aryl methyl sites for hydroxylation is 2. The summed E-state index contributed by atoms with van der Waals surface area (Å²) in [5, 5.41) is 10.2. The number of ether oxygens (including phenoxy) is 2. The van der Waals surface area contributed by atoms with Crippen LogP contribution in [0, 0.1) is 13.8 Å². The van der Waals surface area contributed by atoms with Crippen molar-refractivity contribution >= 4 is 12.0 Å². The Morgan fingerprint density at radius 1 is 1.18 bits per heavy atom. The van der Waals surface area contributed by atoms with Crippen LogP contribution in [0.1, 0.15) is 22.4 Å². The fourth-order valence-corrected chi connectivity index (χ4v) is 2.48. The van der Waals surface area contributed by atoms with E-state index in [1.54, 1.807) is 20.2 Å². The van der Waals surface area contributed by atoms with Crippen LogP contribution < -0.4 is 20.6 Å². The predicted octanol–water partition coefficient (Wildman–Crippen LogP) is 2.82. The largest absolute Gasteiger partial charge is 0.493 e. The standard InChI is InChI=1S/C20H21N5O3/c1-13-6-4-5-7-16(13)12-28-17-9-8-15(10-18(17)27-3)11-21-24-19-14(2)23-25-20(26)22-19/h4-11H,12H2,1-3H3,(H2,22,24,25,26)/b21-11-. The summed E-state index contributed by atoms with van der Waals surface area (Å²) in [7, 11) is 1.59. The second-order valence-corrected chi connectivity index (χ2v) is 6.07. The van der Waals surface area contributed by atoms with Gasteiger partial charge in [-0.1, -0.05) is 24.3 Å². The minimum atomic E-state index is -0.542. The van der Waals surface area contributed by atoms with Gasteiger partial charge in [0.05, 0.1) is 13.3 Å². The van der Waals surface area contributed by atoms with E-state index >= 15 is 0 Å². The second kappa shape index (κ2) is 8.81. The predicted molar refractivity (Wildman–Crippen MR) is 107 cm³/mol. The fraction of sp³-hybridized carbons (Fsp3) is 0.200. The van der Waals surface area contributed by atoms with E-state index in [1.807, 2.05) is 36.4 Å². The SMILES string of the molecule is COc1cc(/C=N\Nc2nc(=O)[nH]nc2C)ccc1OCc1ccccc1C. The molecule has 0 atom stereocenters. The van der Waals surface area contributed by atoms with E-state index in [0.29, 0.717) is 29.6 Å². The molecule has 0 radical (unpaired) electrons.